The van der Waals surface area contributed by atoms with Gasteiger partial charge in [-0.3, -0.25) is 0 Å². The van der Waals surface area contributed by atoms with Crippen molar-refractivity contribution in [2.24, 2.45) is 5.41 Å². The number of aromatic nitrogens is 1. The van der Waals surface area contributed by atoms with Gasteiger partial charge in [-0.15, -0.1) is 0 Å². The van der Waals surface area contributed by atoms with E-state index in [4.69, 9.17) is 0 Å². The van der Waals surface area contributed by atoms with Crippen molar-refractivity contribution in [3.05, 3.63) is 36.4 Å². The lowest BCUT2D eigenvalue weighted by Crippen LogP contribution is -2.35. The molecule has 1 N–H and O–H groups in total. The molecule has 0 saturated heterocycles. The van der Waals surface area contributed by atoms with Crippen molar-refractivity contribution in [1.29, 1.82) is 0 Å². The Bertz CT molecular complexity index is 558. The molecule has 0 radical (unpaired) electrons. The zero-order valence-corrected chi connectivity index (χ0v) is 11.0. The number of benzene rings is 1. The van der Waals surface area contributed by atoms with Crippen molar-refractivity contribution in [3.8, 4) is 0 Å². The fraction of sp³-hybridized carbons (Fsp3) is 0.333. The molecule has 2 rings (SSSR count). The minimum atomic E-state index is -0.244. The first-order valence-corrected chi connectivity index (χ1v) is 6.08. The molecule has 1 unspecified atom stereocenters. The van der Waals surface area contributed by atoms with Gasteiger partial charge in [0.1, 0.15) is 12.1 Å². The fourth-order valence-corrected chi connectivity index (χ4v) is 1.76. The van der Waals surface area contributed by atoms with E-state index in [1.165, 1.54) is 0 Å². The Hall–Kier alpha value is -1.90. The smallest absolute Gasteiger partial charge is 0.142 e. The third kappa shape index (κ3) is 2.67. The minimum absolute atomic E-state index is 0.130. The second-order valence-corrected chi connectivity index (χ2v) is 5.51. The molecule has 0 spiro atoms. The van der Waals surface area contributed by atoms with E-state index in [0.717, 1.165) is 23.0 Å². The van der Waals surface area contributed by atoms with Crippen LogP contribution in [0.2, 0.25) is 0 Å². The van der Waals surface area contributed by atoms with Gasteiger partial charge in [0.25, 0.3) is 0 Å². The van der Waals surface area contributed by atoms with Gasteiger partial charge >= 0.3 is 0 Å². The largest absolute Gasteiger partial charge is 0.360 e. The van der Waals surface area contributed by atoms with Gasteiger partial charge < -0.3 is 10.1 Å². The van der Waals surface area contributed by atoms with Crippen LogP contribution < -0.4 is 5.32 Å². The number of aldehydes is 1. The molecule has 18 heavy (non-hydrogen) atoms. The molecule has 1 heterocycles. The molecular formula is C15H18N2O. The number of para-hydroxylation sites is 1. The van der Waals surface area contributed by atoms with Gasteiger partial charge in [-0.05, 0) is 23.6 Å². The lowest BCUT2D eigenvalue weighted by Gasteiger charge is -2.27. The molecule has 0 aliphatic heterocycles. The molecule has 0 aliphatic carbocycles. The highest BCUT2D eigenvalue weighted by Crippen LogP contribution is 2.22. The summed E-state index contributed by atoms with van der Waals surface area (Å²) in [5.74, 6) is 0.737. The highest BCUT2D eigenvalue weighted by Gasteiger charge is 2.24. The van der Waals surface area contributed by atoms with Crippen LogP contribution in [0.3, 0.4) is 0 Å². The molecule has 94 valence electrons. The average Bonchev–Trinajstić information content (AvgIpc) is 2.34. The predicted molar refractivity (Wildman–Crippen MR) is 74.7 cm³/mol. The number of rotatable bonds is 3. The number of hydrogen-bond acceptors (Lipinski definition) is 3. The van der Waals surface area contributed by atoms with E-state index in [1.807, 2.05) is 57.2 Å². The van der Waals surface area contributed by atoms with Crippen LogP contribution >= 0.6 is 0 Å². The van der Waals surface area contributed by atoms with Crippen LogP contribution in [0.1, 0.15) is 20.8 Å². The topological polar surface area (TPSA) is 42.0 Å². The molecule has 0 bridgehead atoms. The molecule has 0 aliphatic rings. The van der Waals surface area contributed by atoms with E-state index in [0.29, 0.717) is 0 Å². The Morgan fingerprint density at radius 3 is 2.56 bits per heavy atom. The molecule has 1 aromatic carbocycles. The van der Waals surface area contributed by atoms with Crippen molar-refractivity contribution >= 4 is 23.0 Å². The maximum Gasteiger partial charge on any atom is 0.142 e. The second-order valence-electron chi connectivity index (χ2n) is 5.51. The lowest BCUT2D eigenvalue weighted by molar-refractivity contribution is -0.110. The van der Waals surface area contributed by atoms with Crippen molar-refractivity contribution in [2.45, 2.75) is 26.8 Å². The van der Waals surface area contributed by atoms with Gasteiger partial charge in [0, 0.05) is 5.39 Å². The zero-order chi connectivity index (χ0) is 13.2. The first-order chi connectivity index (χ1) is 8.50. The van der Waals surface area contributed by atoms with Crippen LogP contribution in [0.15, 0.2) is 36.4 Å². The number of anilines is 1. The standard InChI is InChI=1S/C15H18N2O/c1-15(2,3)13(10-18)17-14-9-8-11-6-4-5-7-12(11)16-14/h4-10,13H,1-3H3,(H,16,17). The van der Waals surface area contributed by atoms with Crippen LogP contribution in [0.25, 0.3) is 10.9 Å². The van der Waals surface area contributed by atoms with Crippen LogP contribution in [0, 0.1) is 5.41 Å². The van der Waals surface area contributed by atoms with Crippen molar-refractivity contribution < 1.29 is 4.79 Å². The SMILES string of the molecule is CC(C)(C)C(C=O)Nc1ccc2ccccc2n1. The molecule has 0 amide bonds. The van der Waals surface area contributed by atoms with E-state index in [-0.39, 0.29) is 11.5 Å². The molecule has 2 aromatic rings. The number of pyridine rings is 1. The third-order valence-corrected chi connectivity index (χ3v) is 2.97. The summed E-state index contributed by atoms with van der Waals surface area (Å²) in [4.78, 5) is 15.6. The Balaban J connectivity index is 2.29. The van der Waals surface area contributed by atoms with Gasteiger partial charge in [-0.25, -0.2) is 4.98 Å². The second kappa shape index (κ2) is 4.77. The maximum absolute atomic E-state index is 11.1. The molecule has 3 heteroatoms. The van der Waals surface area contributed by atoms with Crippen molar-refractivity contribution in [3.63, 3.8) is 0 Å². The summed E-state index contributed by atoms with van der Waals surface area (Å²) in [5.41, 5.74) is 0.802. The third-order valence-electron chi connectivity index (χ3n) is 2.97. The summed E-state index contributed by atoms with van der Waals surface area (Å²) in [6.07, 6.45) is 0.941. The lowest BCUT2D eigenvalue weighted by atomic mass is 9.88. The monoisotopic (exact) mass is 242 g/mol. The van der Waals surface area contributed by atoms with Crippen molar-refractivity contribution in [1.82, 2.24) is 4.98 Å². The average molecular weight is 242 g/mol. The van der Waals surface area contributed by atoms with Crippen LogP contribution in [-0.2, 0) is 4.79 Å². The summed E-state index contributed by atoms with van der Waals surface area (Å²) >= 11 is 0. The fourth-order valence-electron chi connectivity index (χ4n) is 1.76. The van der Waals surface area contributed by atoms with E-state index in [2.05, 4.69) is 10.3 Å². The Morgan fingerprint density at radius 1 is 1.17 bits per heavy atom. The van der Waals surface area contributed by atoms with E-state index in [9.17, 15) is 4.79 Å². The van der Waals surface area contributed by atoms with E-state index < -0.39 is 0 Å². The molecule has 1 atom stereocenters. The molecular weight excluding hydrogens is 224 g/mol. The van der Waals surface area contributed by atoms with Gasteiger partial charge in [0.2, 0.25) is 0 Å². The van der Waals surface area contributed by atoms with Crippen LogP contribution in [0.5, 0.6) is 0 Å². The highest BCUT2D eigenvalue weighted by molar-refractivity contribution is 5.80. The number of carbonyl (C=O) groups is 1. The molecule has 0 fully saturated rings. The minimum Gasteiger partial charge on any atom is -0.360 e. The summed E-state index contributed by atoms with van der Waals surface area (Å²) in [5, 5.41) is 4.28. The van der Waals surface area contributed by atoms with E-state index >= 15 is 0 Å². The van der Waals surface area contributed by atoms with Gasteiger partial charge in [0.05, 0.1) is 11.6 Å². The van der Waals surface area contributed by atoms with E-state index in [1.54, 1.807) is 0 Å². The Morgan fingerprint density at radius 2 is 1.89 bits per heavy atom. The van der Waals surface area contributed by atoms with Crippen LogP contribution in [0.4, 0.5) is 5.82 Å². The first-order valence-electron chi connectivity index (χ1n) is 6.08. The normalized spacial score (nSPS) is 13.3. The number of fused-ring (bicyclic) bond motifs is 1. The quantitative estimate of drug-likeness (QED) is 0.840. The van der Waals surface area contributed by atoms with Crippen LogP contribution in [-0.4, -0.2) is 17.3 Å². The van der Waals surface area contributed by atoms with Gasteiger partial charge in [-0.1, -0.05) is 39.0 Å². The van der Waals surface area contributed by atoms with Gasteiger partial charge in [-0.2, -0.15) is 0 Å². The first kappa shape index (κ1) is 12.6. The number of hydrogen-bond donors (Lipinski definition) is 1. The summed E-state index contributed by atoms with van der Waals surface area (Å²) in [6.45, 7) is 6.08. The van der Waals surface area contributed by atoms with Gasteiger partial charge in [0.15, 0.2) is 0 Å². The molecule has 3 nitrogen and oxygen atoms in total. The number of nitrogens with zero attached hydrogens (tertiary/aromatic N) is 1. The van der Waals surface area contributed by atoms with Crippen molar-refractivity contribution in [2.75, 3.05) is 5.32 Å². The molecule has 0 saturated carbocycles. The summed E-state index contributed by atoms with van der Waals surface area (Å²) < 4.78 is 0. The number of carbonyl (C=O) groups excluding carboxylic acids is 1. The summed E-state index contributed by atoms with van der Waals surface area (Å²) in [6, 6.07) is 11.6. The Labute approximate surface area is 107 Å². The number of nitrogens with one attached hydrogen (secondary N) is 1. The Kier molecular flexibility index (Phi) is 3.32. The summed E-state index contributed by atoms with van der Waals surface area (Å²) in [7, 11) is 0. The zero-order valence-electron chi connectivity index (χ0n) is 11.0. The maximum atomic E-state index is 11.1. The highest BCUT2D eigenvalue weighted by atomic mass is 16.1. The predicted octanol–water partition coefficient (Wildman–Crippen LogP) is 3.26. The molecule has 1 aromatic heterocycles.